The molecule has 4 unspecified atom stereocenters. The maximum Gasteiger partial charge on any atom is 0.324 e. The van der Waals surface area contributed by atoms with Crippen LogP contribution in [0.15, 0.2) is 18.2 Å². The van der Waals surface area contributed by atoms with Gasteiger partial charge in [0.05, 0.1) is 48.2 Å². The first-order chi connectivity index (χ1) is 27.4. The first kappa shape index (κ1) is 44.2. The van der Waals surface area contributed by atoms with Gasteiger partial charge in [-0.1, -0.05) is 96.1 Å². The maximum atomic E-state index is 13.9. The number of benzene rings is 2. The minimum absolute atomic E-state index is 0.0708. The number of aliphatic hydroxyl groups excluding tert-OH is 2. The SMILES string of the molecule is CCCCCCCCCCCCCCCC(=O)ONC1CC(O[C@H]2C[C@](O)(C(=O)CO)Cc3c(O)c4c(c(O)c32)C(=O)c2c(OC)cccc2C4=O)OC(C)C1O. The van der Waals surface area contributed by atoms with Crippen molar-refractivity contribution in [3.63, 3.8) is 0 Å². The second kappa shape index (κ2) is 20.2. The number of hydroxylamine groups is 1. The van der Waals surface area contributed by atoms with Crippen LogP contribution in [0, 0.1) is 0 Å². The normalized spacial score (nSPS) is 24.1. The van der Waals surface area contributed by atoms with Crippen molar-refractivity contribution in [2.24, 2.45) is 0 Å². The van der Waals surface area contributed by atoms with E-state index in [0.717, 1.165) is 19.3 Å². The Hall–Kier alpha value is -3.92. The number of methoxy groups -OCH3 is 1. The molecule has 14 heteroatoms. The molecule has 1 aliphatic heterocycles. The second-order valence-corrected chi connectivity index (χ2v) is 15.7. The molecule has 6 N–H and O–H groups in total. The highest BCUT2D eigenvalue weighted by atomic mass is 16.7. The number of Topliss-reactive ketones (excluding diaryl/α,β-unsaturated/α-hetero) is 1. The lowest BCUT2D eigenvalue weighted by atomic mass is 9.72. The Balaban J connectivity index is 1.23. The van der Waals surface area contributed by atoms with Gasteiger partial charge in [-0.2, -0.15) is 0 Å². The van der Waals surface area contributed by atoms with Gasteiger partial charge in [-0.05, 0) is 19.4 Å². The fraction of sp³-hybridized carbons (Fsp3) is 0.628. The van der Waals surface area contributed by atoms with Crippen LogP contribution >= 0.6 is 0 Å². The molecule has 0 bridgehead atoms. The Morgan fingerprint density at radius 3 is 2.12 bits per heavy atom. The molecular formula is C43H59NO13. The first-order valence-electron chi connectivity index (χ1n) is 20.5. The molecule has 1 heterocycles. The van der Waals surface area contributed by atoms with E-state index in [0.29, 0.717) is 6.42 Å². The number of nitrogens with one attached hydrogen (secondary N) is 1. The number of phenolic OH excluding ortho intramolecular Hbond substituents is 2. The maximum absolute atomic E-state index is 13.9. The molecule has 5 rings (SSSR count). The number of carbonyl (C=O) groups excluding carboxylic acids is 4. The molecular weight excluding hydrogens is 738 g/mol. The number of ether oxygens (including phenoxy) is 3. The van der Waals surface area contributed by atoms with Crippen LogP contribution in [0.4, 0.5) is 0 Å². The van der Waals surface area contributed by atoms with Crippen LogP contribution in [0.3, 0.4) is 0 Å². The second-order valence-electron chi connectivity index (χ2n) is 15.7. The monoisotopic (exact) mass is 797 g/mol. The first-order valence-corrected chi connectivity index (χ1v) is 20.5. The van der Waals surface area contributed by atoms with Crippen LogP contribution in [-0.4, -0.2) is 92.7 Å². The van der Waals surface area contributed by atoms with Gasteiger partial charge in [0.15, 0.2) is 17.9 Å². The fourth-order valence-electron chi connectivity index (χ4n) is 8.31. The quantitative estimate of drug-likeness (QED) is 0.0441. The minimum atomic E-state index is -2.31. The van der Waals surface area contributed by atoms with E-state index in [1.807, 2.05) is 0 Å². The van der Waals surface area contributed by atoms with Crippen molar-refractivity contribution in [1.82, 2.24) is 5.48 Å². The molecule has 1 saturated heterocycles. The van der Waals surface area contributed by atoms with Crippen LogP contribution in [0.2, 0.25) is 0 Å². The Morgan fingerprint density at radius 2 is 1.51 bits per heavy atom. The zero-order chi connectivity index (χ0) is 41.3. The molecule has 14 nitrogen and oxygen atoms in total. The molecule has 2 aromatic carbocycles. The number of rotatable bonds is 21. The smallest absolute Gasteiger partial charge is 0.324 e. The topological polar surface area (TPSA) is 218 Å². The van der Waals surface area contributed by atoms with E-state index < -0.39 is 102 Å². The molecule has 0 spiro atoms. The Labute approximate surface area is 333 Å². The lowest BCUT2D eigenvalue weighted by Gasteiger charge is -2.42. The van der Waals surface area contributed by atoms with Gasteiger partial charge in [0.1, 0.15) is 29.5 Å². The lowest BCUT2D eigenvalue weighted by molar-refractivity contribution is -0.256. The molecule has 6 atom stereocenters. The third-order valence-electron chi connectivity index (χ3n) is 11.6. The van der Waals surface area contributed by atoms with E-state index in [1.54, 1.807) is 6.92 Å². The van der Waals surface area contributed by atoms with Gasteiger partial charge < -0.3 is 44.6 Å². The van der Waals surface area contributed by atoms with Crippen LogP contribution in [0.5, 0.6) is 17.2 Å². The molecule has 314 valence electrons. The third-order valence-corrected chi connectivity index (χ3v) is 11.6. The van der Waals surface area contributed by atoms with Gasteiger partial charge in [0, 0.05) is 42.4 Å². The van der Waals surface area contributed by atoms with Crippen LogP contribution in [0.1, 0.15) is 166 Å². The summed E-state index contributed by atoms with van der Waals surface area (Å²) in [5.41, 5.74) is -1.23. The fourth-order valence-corrected chi connectivity index (χ4v) is 8.31. The number of aliphatic hydroxyl groups is 3. The van der Waals surface area contributed by atoms with Crippen LogP contribution in [0.25, 0.3) is 0 Å². The molecule has 57 heavy (non-hydrogen) atoms. The molecule has 0 aromatic heterocycles. The Bertz CT molecular complexity index is 1760. The number of ketones is 3. The zero-order valence-electron chi connectivity index (χ0n) is 33.3. The number of hydrogen-bond acceptors (Lipinski definition) is 14. The Morgan fingerprint density at radius 1 is 0.895 bits per heavy atom. The molecule has 0 saturated carbocycles. The molecule has 3 aliphatic rings. The lowest BCUT2D eigenvalue weighted by Crippen LogP contribution is -2.55. The summed E-state index contributed by atoms with van der Waals surface area (Å²) in [6.07, 6.45) is 9.63. The van der Waals surface area contributed by atoms with Crippen molar-refractivity contribution in [2.75, 3.05) is 13.7 Å². The van der Waals surface area contributed by atoms with Crippen molar-refractivity contribution in [3.8, 4) is 17.2 Å². The average molecular weight is 798 g/mol. The van der Waals surface area contributed by atoms with Crippen molar-refractivity contribution in [1.29, 1.82) is 0 Å². The summed E-state index contributed by atoms with van der Waals surface area (Å²) in [5.74, 6) is -4.42. The summed E-state index contributed by atoms with van der Waals surface area (Å²) < 4.78 is 17.5. The largest absolute Gasteiger partial charge is 0.507 e. The number of fused-ring (bicyclic) bond motifs is 3. The molecule has 0 amide bonds. The van der Waals surface area contributed by atoms with E-state index in [2.05, 4.69) is 12.4 Å². The van der Waals surface area contributed by atoms with Crippen LogP contribution < -0.4 is 10.2 Å². The molecule has 2 aliphatic carbocycles. The van der Waals surface area contributed by atoms with Crippen LogP contribution in [-0.2, 0) is 30.3 Å². The molecule has 0 radical (unpaired) electrons. The standard InChI is InChI=1S/C43H59NO13/c1-4-5-6-7-8-9-10-11-12-13-14-15-16-20-32(47)57-44-28-21-33(55-25(2)38(28)48)56-30-23-43(53,31(46)24-45)22-27-35(30)42(52)37-36(40(27)50)39(49)26-18-17-19-29(54-3)34(26)41(37)51/h17-19,25,28,30,33,38,44-45,48,50,52-53H,4-16,20-24H2,1-3H3/t25?,28?,30-,33?,38?,43-/m0/s1. The van der Waals surface area contributed by atoms with Gasteiger partial charge >= 0.3 is 5.97 Å². The number of aromatic hydroxyl groups is 2. The summed E-state index contributed by atoms with van der Waals surface area (Å²) in [4.78, 5) is 58.5. The predicted molar refractivity (Wildman–Crippen MR) is 207 cm³/mol. The van der Waals surface area contributed by atoms with Gasteiger partial charge in [-0.25, -0.2) is 0 Å². The van der Waals surface area contributed by atoms with E-state index >= 15 is 0 Å². The summed E-state index contributed by atoms with van der Waals surface area (Å²) in [5, 5.41) is 55.5. The van der Waals surface area contributed by atoms with E-state index in [1.165, 1.54) is 83.1 Å². The number of carbonyl (C=O) groups is 4. The summed E-state index contributed by atoms with van der Waals surface area (Å²) in [6, 6.07) is 3.49. The van der Waals surface area contributed by atoms with Gasteiger partial charge in [-0.15, -0.1) is 5.48 Å². The van der Waals surface area contributed by atoms with Gasteiger partial charge in [-0.3, -0.25) is 19.2 Å². The zero-order valence-corrected chi connectivity index (χ0v) is 33.3. The molecule has 2 aromatic rings. The highest BCUT2D eigenvalue weighted by molar-refractivity contribution is 6.31. The highest BCUT2D eigenvalue weighted by Crippen LogP contribution is 2.52. The predicted octanol–water partition coefficient (Wildman–Crippen LogP) is 5.57. The van der Waals surface area contributed by atoms with E-state index in [-0.39, 0.29) is 40.8 Å². The number of hydrogen-bond donors (Lipinski definition) is 6. The minimum Gasteiger partial charge on any atom is -0.507 e. The molecule has 1 fully saturated rings. The van der Waals surface area contributed by atoms with E-state index in [4.69, 9.17) is 19.0 Å². The number of phenols is 2. The third kappa shape index (κ3) is 10.0. The summed E-state index contributed by atoms with van der Waals surface area (Å²) in [6.45, 7) is 2.74. The van der Waals surface area contributed by atoms with Crippen molar-refractivity contribution in [3.05, 3.63) is 51.6 Å². The van der Waals surface area contributed by atoms with Gasteiger partial charge in [0.2, 0.25) is 5.78 Å². The number of unbranched alkanes of at least 4 members (excludes halogenated alkanes) is 12. The van der Waals surface area contributed by atoms with Crippen molar-refractivity contribution >= 4 is 23.3 Å². The van der Waals surface area contributed by atoms with Crippen molar-refractivity contribution < 1.29 is 63.8 Å². The van der Waals surface area contributed by atoms with E-state index in [9.17, 15) is 44.7 Å². The average Bonchev–Trinajstić information content (AvgIpc) is 3.19. The van der Waals surface area contributed by atoms with Gasteiger partial charge in [0.25, 0.3) is 0 Å². The highest BCUT2D eigenvalue weighted by Gasteiger charge is 2.50. The Kier molecular flexibility index (Phi) is 15.6. The summed E-state index contributed by atoms with van der Waals surface area (Å²) in [7, 11) is 1.32. The summed E-state index contributed by atoms with van der Waals surface area (Å²) >= 11 is 0. The van der Waals surface area contributed by atoms with Crippen molar-refractivity contribution in [2.45, 2.75) is 159 Å².